The van der Waals surface area contributed by atoms with Gasteiger partial charge in [-0.25, -0.2) is 4.39 Å². The second-order valence-electron chi connectivity index (χ2n) is 7.93. The lowest BCUT2D eigenvalue weighted by atomic mass is 9.82. The highest BCUT2D eigenvalue weighted by molar-refractivity contribution is 5.34. The van der Waals surface area contributed by atoms with Crippen LogP contribution in [0.4, 0.5) is 4.39 Å². The van der Waals surface area contributed by atoms with Crippen LogP contribution in [-0.4, -0.2) is 37.1 Å². The predicted octanol–water partition coefficient (Wildman–Crippen LogP) is 4.27. The molecule has 0 amide bonds. The van der Waals surface area contributed by atoms with Crippen LogP contribution in [0.5, 0.6) is 5.75 Å². The van der Waals surface area contributed by atoms with E-state index in [1.54, 1.807) is 6.07 Å². The fourth-order valence-corrected chi connectivity index (χ4v) is 4.25. The lowest BCUT2D eigenvalue weighted by Gasteiger charge is -2.38. The van der Waals surface area contributed by atoms with Gasteiger partial charge in [0.2, 0.25) is 0 Å². The first-order valence-electron chi connectivity index (χ1n) is 10.6. The summed E-state index contributed by atoms with van der Waals surface area (Å²) in [4.78, 5) is 0. The topological polar surface area (TPSA) is 50.7 Å². The van der Waals surface area contributed by atoms with Crippen LogP contribution in [0.1, 0.15) is 29.0 Å². The van der Waals surface area contributed by atoms with E-state index in [-0.39, 0.29) is 23.8 Å². The molecule has 0 saturated carbocycles. The summed E-state index contributed by atoms with van der Waals surface area (Å²) in [5.41, 5.74) is 3.14. The van der Waals surface area contributed by atoms with Gasteiger partial charge in [-0.1, -0.05) is 66.7 Å². The molecule has 162 valence electrons. The normalized spacial score (nSPS) is 21.2. The Morgan fingerprint density at radius 2 is 1.68 bits per heavy atom. The van der Waals surface area contributed by atoms with Crippen molar-refractivity contribution in [3.8, 4) is 5.75 Å². The van der Waals surface area contributed by atoms with Gasteiger partial charge in [-0.05, 0) is 28.8 Å². The third-order valence-electron chi connectivity index (χ3n) is 5.90. The summed E-state index contributed by atoms with van der Waals surface area (Å²) in [5, 5.41) is 14.2. The molecule has 4 rings (SSSR count). The molecule has 3 aromatic carbocycles. The van der Waals surface area contributed by atoms with Crippen LogP contribution in [0.15, 0.2) is 78.9 Å². The highest BCUT2D eigenvalue weighted by Gasteiger charge is 2.35. The van der Waals surface area contributed by atoms with Gasteiger partial charge in [-0.2, -0.15) is 0 Å². The number of hydrogen-bond donors (Lipinski definition) is 2. The first-order valence-corrected chi connectivity index (χ1v) is 10.6. The number of aliphatic hydroxyl groups is 1. The molecule has 3 unspecified atom stereocenters. The minimum Gasteiger partial charge on any atom is -0.494 e. The minimum absolute atomic E-state index is 0.0497. The summed E-state index contributed by atoms with van der Waals surface area (Å²) in [6.45, 7) is 0.831. The van der Waals surface area contributed by atoms with E-state index >= 15 is 0 Å². The average Bonchev–Trinajstić information content (AvgIpc) is 2.80. The van der Waals surface area contributed by atoms with E-state index in [9.17, 15) is 9.50 Å². The fourth-order valence-electron chi connectivity index (χ4n) is 4.25. The van der Waals surface area contributed by atoms with Gasteiger partial charge >= 0.3 is 0 Å². The SMILES string of the molecule is COc1ccc(CNC2COC(C(c3ccccc3)c3ccccc3)CC2O)cc1F. The molecule has 3 atom stereocenters. The highest BCUT2D eigenvalue weighted by atomic mass is 19.1. The Bertz CT molecular complexity index is 927. The number of aliphatic hydroxyl groups excluding tert-OH is 1. The van der Waals surface area contributed by atoms with E-state index in [0.717, 1.165) is 5.56 Å². The van der Waals surface area contributed by atoms with Crippen molar-refractivity contribution in [2.24, 2.45) is 0 Å². The molecule has 2 N–H and O–H groups in total. The molecular formula is C26H28FNO3. The van der Waals surface area contributed by atoms with Crippen molar-refractivity contribution in [3.63, 3.8) is 0 Å². The molecule has 1 aliphatic rings. The van der Waals surface area contributed by atoms with Crippen molar-refractivity contribution in [2.75, 3.05) is 13.7 Å². The zero-order valence-electron chi connectivity index (χ0n) is 17.6. The molecule has 0 aromatic heterocycles. The van der Waals surface area contributed by atoms with Gasteiger partial charge in [-0.3, -0.25) is 0 Å². The lowest BCUT2D eigenvalue weighted by molar-refractivity contribution is -0.0718. The molecule has 0 radical (unpaired) electrons. The number of methoxy groups -OCH3 is 1. The molecule has 0 bridgehead atoms. The van der Waals surface area contributed by atoms with Crippen molar-refractivity contribution < 1.29 is 19.0 Å². The van der Waals surface area contributed by atoms with Crippen molar-refractivity contribution in [1.29, 1.82) is 0 Å². The summed E-state index contributed by atoms with van der Waals surface area (Å²) in [6, 6.07) is 25.2. The summed E-state index contributed by atoms with van der Waals surface area (Å²) < 4.78 is 25.2. The second-order valence-corrected chi connectivity index (χ2v) is 7.93. The Kier molecular flexibility index (Phi) is 6.97. The summed E-state index contributed by atoms with van der Waals surface area (Å²) in [6.07, 6.45) is -0.170. The van der Waals surface area contributed by atoms with Crippen LogP contribution in [0.25, 0.3) is 0 Å². The van der Waals surface area contributed by atoms with Crippen LogP contribution in [0, 0.1) is 5.82 Å². The third-order valence-corrected chi connectivity index (χ3v) is 5.90. The van der Waals surface area contributed by atoms with Gasteiger partial charge < -0.3 is 19.9 Å². The van der Waals surface area contributed by atoms with E-state index in [4.69, 9.17) is 9.47 Å². The van der Waals surface area contributed by atoms with E-state index < -0.39 is 11.9 Å². The smallest absolute Gasteiger partial charge is 0.165 e. The highest BCUT2D eigenvalue weighted by Crippen LogP contribution is 2.34. The molecule has 31 heavy (non-hydrogen) atoms. The Balaban J connectivity index is 1.43. The molecule has 0 spiro atoms. The largest absolute Gasteiger partial charge is 0.494 e. The molecule has 1 aliphatic heterocycles. The van der Waals surface area contributed by atoms with Crippen molar-refractivity contribution in [2.45, 2.75) is 37.1 Å². The van der Waals surface area contributed by atoms with Gasteiger partial charge in [0.25, 0.3) is 0 Å². The van der Waals surface area contributed by atoms with Gasteiger partial charge in [0, 0.05) is 18.9 Å². The molecule has 1 heterocycles. The standard InChI is InChI=1S/C26H28FNO3/c1-30-24-13-12-18(14-21(24)27)16-28-22-17-31-25(15-23(22)29)26(19-8-4-2-5-9-19)20-10-6-3-7-11-20/h2-14,22-23,25-26,28-29H,15-17H2,1H3. The molecule has 3 aromatic rings. The maximum Gasteiger partial charge on any atom is 0.165 e. The van der Waals surface area contributed by atoms with E-state index in [1.165, 1.54) is 24.3 Å². The van der Waals surface area contributed by atoms with Crippen LogP contribution in [0.3, 0.4) is 0 Å². The predicted molar refractivity (Wildman–Crippen MR) is 119 cm³/mol. The van der Waals surface area contributed by atoms with Crippen molar-refractivity contribution in [1.82, 2.24) is 5.32 Å². The molecule has 5 heteroatoms. The summed E-state index contributed by atoms with van der Waals surface area (Å²) in [7, 11) is 1.45. The molecular weight excluding hydrogens is 393 g/mol. The zero-order chi connectivity index (χ0) is 21.6. The van der Waals surface area contributed by atoms with Gasteiger partial charge in [0.15, 0.2) is 11.6 Å². The Morgan fingerprint density at radius 3 is 2.23 bits per heavy atom. The number of ether oxygens (including phenoxy) is 2. The molecule has 1 fully saturated rings. The summed E-state index contributed by atoms with van der Waals surface area (Å²) >= 11 is 0. The lowest BCUT2D eigenvalue weighted by Crippen LogP contribution is -2.50. The van der Waals surface area contributed by atoms with Gasteiger partial charge in [-0.15, -0.1) is 0 Å². The van der Waals surface area contributed by atoms with Gasteiger partial charge in [0.05, 0.1) is 32.0 Å². The quantitative estimate of drug-likeness (QED) is 0.598. The fraction of sp³-hybridized carbons (Fsp3) is 0.308. The van der Waals surface area contributed by atoms with Crippen molar-refractivity contribution in [3.05, 3.63) is 101 Å². The number of nitrogens with one attached hydrogen (secondary N) is 1. The number of benzene rings is 3. The van der Waals surface area contributed by atoms with Gasteiger partial charge in [0.1, 0.15) is 0 Å². The second kappa shape index (κ2) is 10.1. The Labute approximate surface area is 182 Å². The monoisotopic (exact) mass is 421 g/mol. The first kappa shape index (κ1) is 21.5. The molecule has 1 saturated heterocycles. The van der Waals surface area contributed by atoms with Crippen LogP contribution >= 0.6 is 0 Å². The molecule has 4 nitrogen and oxygen atoms in total. The minimum atomic E-state index is -0.559. The number of halogens is 1. The maximum atomic E-state index is 13.9. The van der Waals surface area contributed by atoms with E-state index in [0.29, 0.717) is 19.6 Å². The molecule has 0 aliphatic carbocycles. The Hall–Kier alpha value is -2.73. The van der Waals surface area contributed by atoms with Crippen LogP contribution in [-0.2, 0) is 11.3 Å². The summed E-state index contributed by atoms with van der Waals surface area (Å²) in [5.74, 6) is -0.120. The number of rotatable bonds is 7. The Morgan fingerprint density at radius 1 is 1.03 bits per heavy atom. The zero-order valence-corrected chi connectivity index (χ0v) is 17.6. The van der Waals surface area contributed by atoms with E-state index in [1.807, 2.05) is 42.5 Å². The van der Waals surface area contributed by atoms with Crippen LogP contribution in [0.2, 0.25) is 0 Å². The van der Waals surface area contributed by atoms with Crippen LogP contribution < -0.4 is 10.1 Å². The third kappa shape index (κ3) is 5.13. The first-order chi connectivity index (χ1) is 15.2. The maximum absolute atomic E-state index is 13.9. The average molecular weight is 422 g/mol. The van der Waals surface area contributed by atoms with Crippen molar-refractivity contribution >= 4 is 0 Å². The number of hydrogen-bond acceptors (Lipinski definition) is 4. The van der Waals surface area contributed by atoms with E-state index in [2.05, 4.69) is 29.6 Å².